The van der Waals surface area contributed by atoms with Crippen LogP contribution in [0, 0.1) is 0 Å². The number of urea groups is 1. The van der Waals surface area contributed by atoms with Crippen molar-refractivity contribution in [2.24, 2.45) is 0 Å². The Morgan fingerprint density at radius 3 is 2.50 bits per heavy atom. The molecule has 5 heteroatoms. The largest absolute Gasteiger partial charge is 0.348 e. The van der Waals surface area contributed by atoms with E-state index in [2.05, 4.69) is 5.32 Å². The zero-order chi connectivity index (χ0) is 10.6. The Kier molecular flexibility index (Phi) is 3.71. The fourth-order valence-corrected chi connectivity index (χ4v) is 1.26. The van der Waals surface area contributed by atoms with Gasteiger partial charge >= 0.3 is 6.03 Å². The fourth-order valence-electron chi connectivity index (χ4n) is 1.26. The molecule has 0 radical (unpaired) electrons. The SMILES string of the molecule is CN(C)C(=O)NCCC1(C)OCCO1. The van der Waals surface area contributed by atoms with Gasteiger partial charge in [0.2, 0.25) is 0 Å². The van der Waals surface area contributed by atoms with Gasteiger partial charge in [-0.1, -0.05) is 0 Å². The minimum absolute atomic E-state index is 0.0911. The second-order valence-corrected chi connectivity index (χ2v) is 3.71. The lowest BCUT2D eigenvalue weighted by molar-refractivity contribution is -0.145. The van der Waals surface area contributed by atoms with Gasteiger partial charge in [-0.3, -0.25) is 0 Å². The van der Waals surface area contributed by atoms with E-state index in [0.29, 0.717) is 26.2 Å². The number of nitrogens with one attached hydrogen (secondary N) is 1. The van der Waals surface area contributed by atoms with Crippen LogP contribution in [0.4, 0.5) is 4.79 Å². The predicted octanol–water partition coefficient (Wildman–Crippen LogP) is 0.411. The summed E-state index contributed by atoms with van der Waals surface area (Å²) in [5.41, 5.74) is 0. The minimum atomic E-state index is -0.514. The first-order valence-electron chi connectivity index (χ1n) is 4.76. The lowest BCUT2D eigenvalue weighted by Crippen LogP contribution is -2.38. The Labute approximate surface area is 84.4 Å². The highest BCUT2D eigenvalue weighted by atomic mass is 16.7. The number of hydrogen-bond acceptors (Lipinski definition) is 3. The van der Waals surface area contributed by atoms with Crippen molar-refractivity contribution in [3.8, 4) is 0 Å². The summed E-state index contributed by atoms with van der Waals surface area (Å²) in [4.78, 5) is 12.7. The number of carbonyl (C=O) groups excluding carboxylic acids is 1. The van der Waals surface area contributed by atoms with Crippen molar-refractivity contribution in [3.05, 3.63) is 0 Å². The van der Waals surface area contributed by atoms with E-state index < -0.39 is 5.79 Å². The van der Waals surface area contributed by atoms with Crippen molar-refractivity contribution in [3.63, 3.8) is 0 Å². The van der Waals surface area contributed by atoms with E-state index in [0.717, 1.165) is 0 Å². The number of amides is 2. The molecule has 1 aliphatic rings. The molecule has 1 heterocycles. The molecule has 0 aromatic carbocycles. The van der Waals surface area contributed by atoms with Crippen molar-refractivity contribution in [2.45, 2.75) is 19.1 Å². The Hall–Kier alpha value is -0.810. The van der Waals surface area contributed by atoms with Crippen molar-refractivity contribution in [2.75, 3.05) is 33.9 Å². The van der Waals surface area contributed by atoms with Crippen LogP contribution in [0.3, 0.4) is 0 Å². The van der Waals surface area contributed by atoms with Gasteiger partial charge in [0.15, 0.2) is 5.79 Å². The van der Waals surface area contributed by atoms with Gasteiger partial charge in [-0.2, -0.15) is 0 Å². The van der Waals surface area contributed by atoms with Crippen LogP contribution < -0.4 is 5.32 Å². The third kappa shape index (κ3) is 3.16. The van der Waals surface area contributed by atoms with E-state index in [1.165, 1.54) is 4.90 Å². The monoisotopic (exact) mass is 202 g/mol. The molecule has 1 rings (SSSR count). The Morgan fingerprint density at radius 1 is 1.43 bits per heavy atom. The molecule has 5 nitrogen and oxygen atoms in total. The average molecular weight is 202 g/mol. The Balaban J connectivity index is 2.17. The first kappa shape index (κ1) is 11.3. The smallest absolute Gasteiger partial charge is 0.316 e. The summed E-state index contributed by atoms with van der Waals surface area (Å²) < 4.78 is 10.8. The maximum Gasteiger partial charge on any atom is 0.316 e. The second-order valence-electron chi connectivity index (χ2n) is 3.71. The topological polar surface area (TPSA) is 50.8 Å². The van der Waals surface area contributed by atoms with E-state index in [1.807, 2.05) is 6.92 Å². The third-order valence-electron chi connectivity index (χ3n) is 2.16. The van der Waals surface area contributed by atoms with Gasteiger partial charge in [0, 0.05) is 27.1 Å². The number of ether oxygens (including phenoxy) is 2. The standard InChI is InChI=1S/C9H18N2O3/c1-9(13-6-7-14-9)4-5-10-8(12)11(2)3/h4-7H2,1-3H3,(H,10,12). The lowest BCUT2D eigenvalue weighted by atomic mass is 10.2. The molecule has 14 heavy (non-hydrogen) atoms. The second kappa shape index (κ2) is 4.61. The highest BCUT2D eigenvalue weighted by Gasteiger charge is 2.30. The van der Waals surface area contributed by atoms with Gasteiger partial charge < -0.3 is 19.7 Å². The van der Waals surface area contributed by atoms with Crippen LogP contribution in [0.25, 0.3) is 0 Å². The summed E-state index contributed by atoms with van der Waals surface area (Å²) in [6.07, 6.45) is 0.673. The van der Waals surface area contributed by atoms with E-state index >= 15 is 0 Å². The van der Waals surface area contributed by atoms with Crippen LogP contribution in [0.2, 0.25) is 0 Å². The van der Waals surface area contributed by atoms with Gasteiger partial charge in [-0.25, -0.2) is 4.79 Å². The summed E-state index contributed by atoms with van der Waals surface area (Å²) in [7, 11) is 3.42. The van der Waals surface area contributed by atoms with Crippen LogP contribution in [0.5, 0.6) is 0 Å². The predicted molar refractivity (Wildman–Crippen MR) is 52.0 cm³/mol. The van der Waals surface area contributed by atoms with Crippen molar-refractivity contribution >= 4 is 6.03 Å². The van der Waals surface area contributed by atoms with E-state index in [9.17, 15) is 4.79 Å². The summed E-state index contributed by atoms with van der Waals surface area (Å²) in [5.74, 6) is -0.514. The summed E-state index contributed by atoms with van der Waals surface area (Å²) in [6, 6.07) is -0.0911. The van der Waals surface area contributed by atoms with Crippen molar-refractivity contribution in [1.82, 2.24) is 10.2 Å². The van der Waals surface area contributed by atoms with Crippen LogP contribution in [0.15, 0.2) is 0 Å². The Morgan fingerprint density at radius 2 is 2.00 bits per heavy atom. The minimum Gasteiger partial charge on any atom is -0.348 e. The third-order valence-corrected chi connectivity index (χ3v) is 2.16. The lowest BCUT2D eigenvalue weighted by Gasteiger charge is -2.22. The van der Waals surface area contributed by atoms with E-state index in [4.69, 9.17) is 9.47 Å². The zero-order valence-electron chi connectivity index (χ0n) is 9.00. The van der Waals surface area contributed by atoms with Gasteiger partial charge in [-0.05, 0) is 6.92 Å². The van der Waals surface area contributed by atoms with Crippen LogP contribution in [-0.2, 0) is 9.47 Å². The summed E-state index contributed by atoms with van der Waals surface area (Å²) in [6.45, 7) is 3.73. The molecular weight excluding hydrogens is 184 g/mol. The summed E-state index contributed by atoms with van der Waals surface area (Å²) in [5, 5.41) is 2.76. The molecule has 1 aliphatic heterocycles. The first-order valence-corrected chi connectivity index (χ1v) is 4.76. The molecule has 1 fully saturated rings. The number of carbonyl (C=O) groups is 1. The summed E-state index contributed by atoms with van der Waals surface area (Å²) >= 11 is 0. The van der Waals surface area contributed by atoms with E-state index in [-0.39, 0.29) is 6.03 Å². The molecule has 1 N–H and O–H groups in total. The molecule has 0 aromatic rings. The van der Waals surface area contributed by atoms with Crippen molar-refractivity contribution in [1.29, 1.82) is 0 Å². The number of hydrogen-bond donors (Lipinski definition) is 1. The normalized spacial score (nSPS) is 19.4. The van der Waals surface area contributed by atoms with Gasteiger partial charge in [0.05, 0.1) is 13.2 Å². The number of rotatable bonds is 3. The fraction of sp³-hybridized carbons (Fsp3) is 0.889. The maximum atomic E-state index is 11.2. The zero-order valence-corrected chi connectivity index (χ0v) is 9.00. The quantitative estimate of drug-likeness (QED) is 0.721. The van der Waals surface area contributed by atoms with Gasteiger partial charge in [0.25, 0.3) is 0 Å². The molecule has 0 atom stereocenters. The molecule has 1 saturated heterocycles. The van der Waals surface area contributed by atoms with Crippen LogP contribution in [0.1, 0.15) is 13.3 Å². The van der Waals surface area contributed by atoms with Gasteiger partial charge in [0.1, 0.15) is 0 Å². The maximum absolute atomic E-state index is 11.2. The first-order chi connectivity index (χ1) is 6.53. The molecule has 0 saturated carbocycles. The van der Waals surface area contributed by atoms with Crippen LogP contribution >= 0.6 is 0 Å². The molecule has 0 unspecified atom stereocenters. The average Bonchev–Trinajstić information content (AvgIpc) is 2.52. The molecule has 0 aliphatic carbocycles. The van der Waals surface area contributed by atoms with Crippen molar-refractivity contribution < 1.29 is 14.3 Å². The molecule has 2 amide bonds. The molecule has 0 spiro atoms. The van der Waals surface area contributed by atoms with Gasteiger partial charge in [-0.15, -0.1) is 0 Å². The molecule has 0 bridgehead atoms. The highest BCUT2D eigenvalue weighted by molar-refractivity contribution is 5.73. The van der Waals surface area contributed by atoms with E-state index in [1.54, 1.807) is 14.1 Å². The Bertz CT molecular complexity index is 200. The molecular formula is C9H18N2O3. The number of nitrogens with zero attached hydrogens (tertiary/aromatic N) is 1. The van der Waals surface area contributed by atoms with Crippen LogP contribution in [-0.4, -0.2) is 50.6 Å². The highest BCUT2D eigenvalue weighted by Crippen LogP contribution is 2.21. The molecule has 82 valence electrons. The molecule has 0 aromatic heterocycles.